The Morgan fingerprint density at radius 1 is 1.03 bits per heavy atom. The predicted molar refractivity (Wildman–Crippen MR) is 127 cm³/mol. The van der Waals surface area contributed by atoms with Crippen molar-refractivity contribution < 1.29 is 32.1 Å². The minimum Gasteiger partial charge on any atom is -0.493 e. The molecule has 1 unspecified atom stereocenters. The number of rotatable bonds is 13. The van der Waals surface area contributed by atoms with Gasteiger partial charge >= 0.3 is 6.18 Å². The summed E-state index contributed by atoms with van der Waals surface area (Å²) in [5, 5.41) is 0. The summed E-state index contributed by atoms with van der Waals surface area (Å²) < 4.78 is 60.7. The molecule has 8 heteroatoms. The average molecular weight is 499 g/mol. The molecule has 1 atom stereocenters. The highest BCUT2D eigenvalue weighted by molar-refractivity contribution is 7.99. The molecule has 0 aliphatic carbocycles. The van der Waals surface area contributed by atoms with Crippen LogP contribution in [-0.4, -0.2) is 31.5 Å². The van der Waals surface area contributed by atoms with Gasteiger partial charge < -0.3 is 18.9 Å². The smallest absolute Gasteiger partial charge is 0.416 e. The SMILES string of the molecule is CCCCCC(COc1ccc(C(F)(F)F)cc1)CSc1ccc(OCC2OC(C)O2)c(C)c1. The third-order valence-corrected chi connectivity index (χ3v) is 6.80. The maximum atomic E-state index is 12.8. The number of aryl methyl sites for hydroxylation is 1. The summed E-state index contributed by atoms with van der Waals surface area (Å²) in [6, 6.07) is 11.0. The average Bonchev–Trinajstić information content (AvgIpc) is 2.78. The molecule has 0 N–H and O–H groups in total. The molecule has 3 rings (SSSR count). The van der Waals surface area contributed by atoms with Gasteiger partial charge in [0, 0.05) is 16.6 Å². The van der Waals surface area contributed by atoms with E-state index in [1.54, 1.807) is 11.8 Å². The molecule has 0 spiro atoms. The van der Waals surface area contributed by atoms with Gasteiger partial charge in [-0.1, -0.05) is 26.2 Å². The summed E-state index contributed by atoms with van der Waals surface area (Å²) in [6.45, 7) is 6.86. The van der Waals surface area contributed by atoms with Gasteiger partial charge in [-0.05, 0) is 68.3 Å². The van der Waals surface area contributed by atoms with Crippen molar-refractivity contribution in [3.8, 4) is 11.5 Å². The van der Waals surface area contributed by atoms with Crippen molar-refractivity contribution in [3.63, 3.8) is 0 Å². The van der Waals surface area contributed by atoms with Crippen LogP contribution in [0.2, 0.25) is 0 Å². The van der Waals surface area contributed by atoms with Crippen molar-refractivity contribution in [1.29, 1.82) is 0 Å². The van der Waals surface area contributed by atoms with E-state index >= 15 is 0 Å². The lowest BCUT2D eigenvalue weighted by Gasteiger charge is -2.33. The van der Waals surface area contributed by atoms with Crippen LogP contribution in [0, 0.1) is 12.8 Å². The Bertz CT molecular complexity index is 883. The van der Waals surface area contributed by atoms with E-state index in [1.165, 1.54) is 12.1 Å². The van der Waals surface area contributed by atoms with E-state index < -0.39 is 11.7 Å². The summed E-state index contributed by atoms with van der Waals surface area (Å²) in [5.41, 5.74) is 0.376. The first-order valence-electron chi connectivity index (χ1n) is 11.7. The normalized spacial score (nSPS) is 18.9. The second kappa shape index (κ2) is 12.7. The molecular formula is C26H33F3O4S. The molecule has 1 aliphatic heterocycles. The van der Waals surface area contributed by atoms with Gasteiger partial charge in [0.25, 0.3) is 0 Å². The van der Waals surface area contributed by atoms with Crippen LogP contribution in [-0.2, 0) is 15.7 Å². The van der Waals surface area contributed by atoms with Crippen molar-refractivity contribution in [2.24, 2.45) is 5.92 Å². The van der Waals surface area contributed by atoms with Gasteiger partial charge in [0.2, 0.25) is 0 Å². The lowest BCUT2D eigenvalue weighted by Crippen LogP contribution is -2.42. The fourth-order valence-electron chi connectivity index (χ4n) is 3.61. The Morgan fingerprint density at radius 2 is 1.76 bits per heavy atom. The minimum atomic E-state index is -4.34. The van der Waals surface area contributed by atoms with Crippen LogP contribution in [0.1, 0.15) is 50.7 Å². The molecule has 188 valence electrons. The largest absolute Gasteiger partial charge is 0.493 e. The fraction of sp³-hybridized carbons (Fsp3) is 0.538. The lowest BCUT2D eigenvalue weighted by molar-refractivity contribution is -0.380. The maximum absolute atomic E-state index is 12.8. The van der Waals surface area contributed by atoms with Gasteiger partial charge in [0.15, 0.2) is 12.6 Å². The summed E-state index contributed by atoms with van der Waals surface area (Å²) >= 11 is 1.76. The summed E-state index contributed by atoms with van der Waals surface area (Å²) in [5.74, 6) is 2.43. The van der Waals surface area contributed by atoms with E-state index in [1.807, 2.05) is 26.0 Å². The monoisotopic (exact) mass is 498 g/mol. The number of benzene rings is 2. The number of alkyl halides is 3. The number of hydrogen-bond donors (Lipinski definition) is 0. The van der Waals surface area contributed by atoms with Crippen LogP contribution in [0.5, 0.6) is 11.5 Å². The number of hydrogen-bond acceptors (Lipinski definition) is 5. The van der Waals surface area contributed by atoms with Crippen LogP contribution in [0.25, 0.3) is 0 Å². The molecular weight excluding hydrogens is 465 g/mol. The highest BCUT2D eigenvalue weighted by Crippen LogP contribution is 2.31. The van der Waals surface area contributed by atoms with Crippen molar-refractivity contribution in [3.05, 3.63) is 53.6 Å². The van der Waals surface area contributed by atoms with Gasteiger partial charge in [-0.3, -0.25) is 0 Å². The summed E-state index contributed by atoms with van der Waals surface area (Å²) in [6.07, 6.45) is -0.405. The van der Waals surface area contributed by atoms with Crippen LogP contribution in [0.4, 0.5) is 13.2 Å². The third kappa shape index (κ3) is 8.40. The van der Waals surface area contributed by atoms with Gasteiger partial charge in [-0.2, -0.15) is 13.2 Å². The Hall–Kier alpha value is -1.90. The highest BCUT2D eigenvalue weighted by atomic mass is 32.2. The molecule has 2 aromatic carbocycles. The number of unbranched alkanes of at least 4 members (excludes halogenated alkanes) is 2. The Balaban J connectivity index is 1.50. The van der Waals surface area contributed by atoms with Gasteiger partial charge in [0.1, 0.15) is 18.1 Å². The molecule has 0 saturated carbocycles. The number of halogens is 3. The molecule has 1 fully saturated rings. The second-order valence-electron chi connectivity index (χ2n) is 8.51. The number of ether oxygens (including phenoxy) is 4. The Labute approximate surface area is 204 Å². The van der Waals surface area contributed by atoms with Gasteiger partial charge in [-0.15, -0.1) is 11.8 Å². The van der Waals surface area contributed by atoms with E-state index in [2.05, 4.69) is 13.0 Å². The standard InChI is InChI=1S/C26H33F3O4S/c1-4-5-6-7-20(15-30-22-10-8-21(9-11-22)26(27,28)29)17-34-23-12-13-24(18(2)14-23)31-16-25-32-19(3)33-25/h8-14,19-20,25H,4-7,15-17H2,1-3H3. The van der Waals surface area contributed by atoms with Gasteiger partial charge in [-0.25, -0.2) is 0 Å². The Morgan fingerprint density at radius 3 is 2.38 bits per heavy atom. The van der Waals surface area contributed by atoms with Crippen LogP contribution >= 0.6 is 11.8 Å². The summed E-state index contributed by atoms with van der Waals surface area (Å²) in [7, 11) is 0. The Kier molecular flexibility index (Phi) is 9.97. The van der Waals surface area contributed by atoms with Crippen molar-refractivity contribution in [2.75, 3.05) is 19.0 Å². The zero-order valence-corrected chi connectivity index (χ0v) is 20.7. The van der Waals surface area contributed by atoms with E-state index in [9.17, 15) is 13.2 Å². The molecule has 0 bridgehead atoms. The van der Waals surface area contributed by atoms with Crippen molar-refractivity contribution in [1.82, 2.24) is 0 Å². The van der Waals surface area contributed by atoms with Crippen LogP contribution in [0.15, 0.2) is 47.4 Å². The third-order valence-electron chi connectivity index (χ3n) is 5.58. The van der Waals surface area contributed by atoms with Crippen LogP contribution < -0.4 is 9.47 Å². The molecule has 1 aliphatic rings. The first-order valence-corrected chi connectivity index (χ1v) is 12.7. The number of thioether (sulfide) groups is 1. The van der Waals surface area contributed by atoms with Crippen molar-refractivity contribution >= 4 is 11.8 Å². The summed E-state index contributed by atoms with van der Waals surface area (Å²) in [4.78, 5) is 1.14. The quantitative estimate of drug-likeness (QED) is 0.211. The lowest BCUT2D eigenvalue weighted by atomic mass is 10.0. The topological polar surface area (TPSA) is 36.9 Å². The molecule has 2 aromatic rings. The van der Waals surface area contributed by atoms with Crippen molar-refractivity contribution in [2.45, 2.75) is 70.1 Å². The van der Waals surface area contributed by atoms with E-state index in [0.29, 0.717) is 24.9 Å². The maximum Gasteiger partial charge on any atom is 0.416 e. The fourth-order valence-corrected chi connectivity index (χ4v) is 4.73. The van der Waals surface area contributed by atoms with E-state index in [4.69, 9.17) is 18.9 Å². The molecule has 0 radical (unpaired) electrons. The van der Waals surface area contributed by atoms with Crippen LogP contribution in [0.3, 0.4) is 0 Å². The van der Waals surface area contributed by atoms with E-state index in [0.717, 1.165) is 59.8 Å². The molecule has 34 heavy (non-hydrogen) atoms. The molecule has 0 amide bonds. The minimum absolute atomic E-state index is 0.165. The van der Waals surface area contributed by atoms with E-state index in [-0.39, 0.29) is 12.6 Å². The highest BCUT2D eigenvalue weighted by Gasteiger charge is 2.30. The first kappa shape index (κ1) is 26.7. The molecule has 1 heterocycles. The zero-order chi connectivity index (χ0) is 24.6. The first-order chi connectivity index (χ1) is 16.2. The van der Waals surface area contributed by atoms with Gasteiger partial charge in [0.05, 0.1) is 12.2 Å². The molecule has 4 nitrogen and oxygen atoms in total. The predicted octanol–water partition coefficient (Wildman–Crippen LogP) is 7.48. The molecule has 0 aromatic heterocycles. The zero-order valence-electron chi connectivity index (χ0n) is 19.9. The molecule has 1 saturated heterocycles. The second-order valence-corrected chi connectivity index (χ2v) is 9.61.